The Balaban J connectivity index is 1.65. The predicted molar refractivity (Wildman–Crippen MR) is 124 cm³/mol. The van der Waals surface area contributed by atoms with E-state index in [1.54, 1.807) is 12.1 Å². The van der Waals surface area contributed by atoms with Crippen molar-refractivity contribution in [2.75, 3.05) is 0 Å². The molecule has 172 valence electrons. The molecule has 1 unspecified atom stereocenters. The maximum atomic E-state index is 13.0. The highest BCUT2D eigenvalue weighted by atomic mass is 16.5. The van der Waals surface area contributed by atoms with Gasteiger partial charge in [0.15, 0.2) is 0 Å². The zero-order valence-corrected chi connectivity index (χ0v) is 18.2. The van der Waals surface area contributed by atoms with E-state index in [1.165, 1.54) is 0 Å². The molecule has 3 atom stereocenters. The zero-order chi connectivity index (χ0) is 23.5. The van der Waals surface area contributed by atoms with Gasteiger partial charge in [-0.3, -0.25) is 4.79 Å². The molecule has 7 nitrogen and oxygen atoms in total. The Morgan fingerprint density at radius 2 is 1.58 bits per heavy atom. The van der Waals surface area contributed by atoms with E-state index in [0.717, 1.165) is 17.5 Å². The van der Waals surface area contributed by atoms with E-state index in [4.69, 9.17) is 4.74 Å². The minimum atomic E-state index is -1.14. The SMILES string of the molecule is O=C(N[C@H](CC1C=CC=CC1)C(=O)N[C@@H](Cc1ccccc1)C(=O)O)OCc1ccccc1. The van der Waals surface area contributed by atoms with Crippen molar-refractivity contribution >= 4 is 18.0 Å². The Hall–Kier alpha value is -3.87. The summed E-state index contributed by atoms with van der Waals surface area (Å²) in [4.78, 5) is 37.3. The zero-order valence-electron chi connectivity index (χ0n) is 18.2. The monoisotopic (exact) mass is 448 g/mol. The number of alkyl carbamates (subject to hydrolysis) is 1. The van der Waals surface area contributed by atoms with Gasteiger partial charge in [0.1, 0.15) is 18.7 Å². The highest BCUT2D eigenvalue weighted by molar-refractivity contribution is 5.89. The second-order valence-corrected chi connectivity index (χ2v) is 7.89. The Kier molecular flexibility index (Phi) is 8.82. The molecule has 2 aromatic carbocycles. The maximum absolute atomic E-state index is 13.0. The van der Waals surface area contributed by atoms with Gasteiger partial charge in [0.05, 0.1) is 0 Å². The van der Waals surface area contributed by atoms with E-state index in [1.807, 2.05) is 72.8 Å². The standard InChI is InChI=1S/C26H28N2O5/c29-24(27-23(25(30)31)17-20-12-6-2-7-13-20)22(16-19-10-4-1-5-11-19)28-26(32)33-18-21-14-8-3-9-15-21/h1-10,12-15,19,22-23H,11,16-18H2,(H,27,29)(H,28,32)(H,30,31)/t19?,22-,23+/m1/s1. The van der Waals surface area contributed by atoms with Crippen LogP contribution in [0.2, 0.25) is 0 Å². The summed E-state index contributed by atoms with van der Waals surface area (Å²) in [5.74, 6) is -1.66. The van der Waals surface area contributed by atoms with E-state index >= 15 is 0 Å². The fourth-order valence-corrected chi connectivity index (χ4v) is 3.57. The molecule has 0 aliphatic heterocycles. The van der Waals surface area contributed by atoms with Crippen LogP contribution in [0.4, 0.5) is 4.79 Å². The summed E-state index contributed by atoms with van der Waals surface area (Å²) in [5, 5.41) is 14.8. The largest absolute Gasteiger partial charge is 0.480 e. The van der Waals surface area contributed by atoms with E-state index in [-0.39, 0.29) is 18.9 Å². The fraction of sp³-hybridized carbons (Fsp3) is 0.269. The lowest BCUT2D eigenvalue weighted by Crippen LogP contribution is -2.52. The summed E-state index contributed by atoms with van der Waals surface area (Å²) in [6.45, 7) is 0.0683. The second kappa shape index (κ2) is 12.2. The molecule has 0 aromatic heterocycles. The van der Waals surface area contributed by atoms with Crippen LogP contribution in [0.15, 0.2) is 85.0 Å². The number of carbonyl (C=O) groups is 3. The summed E-state index contributed by atoms with van der Waals surface area (Å²) in [5.41, 5.74) is 1.61. The number of ether oxygens (including phenoxy) is 1. The fourth-order valence-electron chi connectivity index (χ4n) is 3.57. The number of carbonyl (C=O) groups excluding carboxylic acids is 2. The molecule has 7 heteroatoms. The van der Waals surface area contributed by atoms with Crippen LogP contribution in [-0.2, 0) is 27.4 Å². The number of nitrogens with one attached hydrogen (secondary N) is 2. The van der Waals surface area contributed by atoms with Crippen molar-refractivity contribution < 1.29 is 24.2 Å². The van der Waals surface area contributed by atoms with Crippen LogP contribution >= 0.6 is 0 Å². The maximum Gasteiger partial charge on any atom is 0.408 e. The van der Waals surface area contributed by atoms with Gasteiger partial charge < -0.3 is 20.5 Å². The van der Waals surface area contributed by atoms with Crippen molar-refractivity contribution in [2.45, 2.75) is 38.0 Å². The molecule has 2 amide bonds. The van der Waals surface area contributed by atoms with Crippen LogP contribution in [0.1, 0.15) is 24.0 Å². The van der Waals surface area contributed by atoms with Gasteiger partial charge in [-0.05, 0) is 29.9 Å². The molecule has 1 aliphatic carbocycles. The summed E-state index contributed by atoms with van der Waals surface area (Å²) < 4.78 is 5.27. The molecule has 3 rings (SSSR count). The first kappa shape index (κ1) is 23.8. The molecule has 0 radical (unpaired) electrons. The third kappa shape index (κ3) is 7.96. The summed E-state index contributed by atoms with van der Waals surface area (Å²) in [6, 6.07) is 16.2. The Morgan fingerprint density at radius 1 is 0.909 bits per heavy atom. The molecule has 0 saturated heterocycles. The number of hydrogen-bond acceptors (Lipinski definition) is 4. The molecule has 0 fully saturated rings. The molecule has 33 heavy (non-hydrogen) atoms. The average molecular weight is 449 g/mol. The van der Waals surface area contributed by atoms with Crippen molar-refractivity contribution in [2.24, 2.45) is 5.92 Å². The molecule has 0 bridgehead atoms. The van der Waals surface area contributed by atoms with Crippen molar-refractivity contribution in [1.82, 2.24) is 10.6 Å². The number of amides is 2. The van der Waals surface area contributed by atoms with Gasteiger partial charge in [-0.2, -0.15) is 0 Å². The number of benzene rings is 2. The molecule has 0 spiro atoms. The van der Waals surface area contributed by atoms with Crippen LogP contribution < -0.4 is 10.6 Å². The molecule has 0 saturated carbocycles. The van der Waals surface area contributed by atoms with Gasteiger partial charge in [-0.1, -0.05) is 85.0 Å². The number of carboxylic acid groups (broad SMARTS) is 1. The molecular weight excluding hydrogens is 420 g/mol. The molecule has 0 heterocycles. The average Bonchev–Trinajstić information content (AvgIpc) is 2.84. The lowest BCUT2D eigenvalue weighted by Gasteiger charge is -2.24. The van der Waals surface area contributed by atoms with Gasteiger partial charge >= 0.3 is 12.1 Å². The first-order chi connectivity index (χ1) is 16.0. The molecular formula is C26H28N2O5. The highest BCUT2D eigenvalue weighted by Gasteiger charge is 2.29. The number of allylic oxidation sites excluding steroid dienone is 4. The number of hydrogen-bond donors (Lipinski definition) is 3. The van der Waals surface area contributed by atoms with Crippen molar-refractivity contribution in [3.63, 3.8) is 0 Å². The lowest BCUT2D eigenvalue weighted by atomic mass is 9.92. The van der Waals surface area contributed by atoms with Gasteiger partial charge in [0.25, 0.3) is 0 Å². The quantitative estimate of drug-likeness (QED) is 0.515. The molecule has 1 aliphatic rings. The highest BCUT2D eigenvalue weighted by Crippen LogP contribution is 2.18. The van der Waals surface area contributed by atoms with E-state index in [9.17, 15) is 19.5 Å². The number of aliphatic carboxylic acids is 1. The third-order valence-corrected chi connectivity index (χ3v) is 5.33. The number of carboxylic acids is 1. The van der Waals surface area contributed by atoms with Crippen molar-refractivity contribution in [3.8, 4) is 0 Å². The smallest absolute Gasteiger partial charge is 0.408 e. The van der Waals surface area contributed by atoms with Crippen LogP contribution in [0.25, 0.3) is 0 Å². The van der Waals surface area contributed by atoms with Crippen molar-refractivity contribution in [1.29, 1.82) is 0 Å². The van der Waals surface area contributed by atoms with Crippen LogP contribution in [0.5, 0.6) is 0 Å². The first-order valence-corrected chi connectivity index (χ1v) is 10.9. The topological polar surface area (TPSA) is 105 Å². The van der Waals surface area contributed by atoms with Gasteiger partial charge in [-0.25, -0.2) is 9.59 Å². The van der Waals surface area contributed by atoms with E-state index in [2.05, 4.69) is 10.6 Å². The third-order valence-electron chi connectivity index (χ3n) is 5.33. The summed E-state index contributed by atoms with van der Waals surface area (Å²) in [6.07, 6.45) is 8.24. The lowest BCUT2D eigenvalue weighted by molar-refractivity contribution is -0.142. The minimum Gasteiger partial charge on any atom is -0.480 e. The van der Waals surface area contributed by atoms with E-state index < -0.39 is 30.1 Å². The molecule has 2 aromatic rings. The second-order valence-electron chi connectivity index (χ2n) is 7.89. The Labute approximate surface area is 193 Å². The molecule has 3 N–H and O–H groups in total. The Morgan fingerprint density at radius 3 is 2.18 bits per heavy atom. The normalized spacial score (nSPS) is 16.4. The first-order valence-electron chi connectivity index (χ1n) is 10.9. The van der Waals surface area contributed by atoms with E-state index in [0.29, 0.717) is 6.42 Å². The summed E-state index contributed by atoms with van der Waals surface area (Å²) >= 11 is 0. The number of rotatable bonds is 10. The van der Waals surface area contributed by atoms with Crippen LogP contribution in [-0.4, -0.2) is 35.2 Å². The minimum absolute atomic E-state index is 0.0394. The van der Waals surface area contributed by atoms with Gasteiger partial charge in [0, 0.05) is 6.42 Å². The van der Waals surface area contributed by atoms with Crippen molar-refractivity contribution in [3.05, 3.63) is 96.1 Å². The van der Waals surface area contributed by atoms with Crippen LogP contribution in [0.3, 0.4) is 0 Å². The van der Waals surface area contributed by atoms with Gasteiger partial charge in [-0.15, -0.1) is 0 Å². The summed E-state index contributed by atoms with van der Waals surface area (Å²) in [7, 11) is 0. The van der Waals surface area contributed by atoms with Gasteiger partial charge in [0.2, 0.25) is 5.91 Å². The predicted octanol–water partition coefficient (Wildman–Crippen LogP) is 3.62. The Bertz CT molecular complexity index is 988. The van der Waals surface area contributed by atoms with Crippen LogP contribution in [0, 0.1) is 5.92 Å².